The van der Waals surface area contributed by atoms with Crippen molar-refractivity contribution < 1.29 is 9.90 Å². The maximum Gasteiger partial charge on any atom is 0.336 e. The molecule has 94 valence electrons. The molecule has 1 aromatic heterocycles. The van der Waals surface area contributed by atoms with E-state index in [2.05, 4.69) is 10.3 Å². The van der Waals surface area contributed by atoms with Gasteiger partial charge in [0.1, 0.15) is 0 Å². The minimum atomic E-state index is -0.892. The number of hydrogen-bond donors (Lipinski definition) is 2. The Labute approximate surface area is 109 Å². The van der Waals surface area contributed by atoms with E-state index in [0.29, 0.717) is 18.7 Å². The van der Waals surface area contributed by atoms with Crippen LogP contribution >= 0.6 is 11.3 Å². The third-order valence-corrected chi connectivity index (χ3v) is 3.36. The molecule has 0 saturated heterocycles. The van der Waals surface area contributed by atoms with Crippen molar-refractivity contribution in [3.63, 3.8) is 0 Å². The van der Waals surface area contributed by atoms with Crippen molar-refractivity contribution in [1.82, 2.24) is 10.3 Å². The average molecular weight is 262 g/mol. The van der Waals surface area contributed by atoms with Crippen LogP contribution in [0.1, 0.15) is 26.6 Å². The summed E-state index contributed by atoms with van der Waals surface area (Å²) in [6.07, 6.45) is 0. The molecule has 1 aromatic carbocycles. The summed E-state index contributed by atoms with van der Waals surface area (Å²) in [5, 5.41) is 15.3. The summed E-state index contributed by atoms with van der Waals surface area (Å²) in [5.74, 6) is -0.892. The molecule has 0 aliphatic rings. The molecule has 0 unspecified atom stereocenters. The Kier molecular flexibility index (Phi) is 4.07. The molecule has 0 saturated carbocycles. The van der Waals surface area contributed by atoms with Crippen LogP contribution < -0.4 is 5.32 Å². The first-order valence-electron chi connectivity index (χ1n) is 5.60. The van der Waals surface area contributed by atoms with E-state index in [1.54, 1.807) is 23.5 Å². The second-order valence-corrected chi connectivity index (χ2v) is 4.99. The van der Waals surface area contributed by atoms with Gasteiger partial charge in [-0.2, -0.15) is 0 Å². The molecule has 0 spiro atoms. The van der Waals surface area contributed by atoms with Gasteiger partial charge in [0.05, 0.1) is 16.3 Å². The summed E-state index contributed by atoms with van der Waals surface area (Å²) in [4.78, 5) is 15.4. The molecular weight excluding hydrogens is 248 g/mol. The Hall–Kier alpha value is -1.72. The maximum atomic E-state index is 11.0. The van der Waals surface area contributed by atoms with E-state index in [1.165, 1.54) is 0 Å². The number of benzene rings is 1. The van der Waals surface area contributed by atoms with E-state index in [-0.39, 0.29) is 0 Å². The first kappa shape index (κ1) is 12.7. The van der Waals surface area contributed by atoms with Crippen molar-refractivity contribution in [2.24, 2.45) is 0 Å². The fourth-order valence-corrected chi connectivity index (χ4v) is 2.31. The fraction of sp³-hybridized carbons (Fsp3) is 0.231. The monoisotopic (exact) mass is 262 g/mol. The average Bonchev–Trinajstić information content (AvgIpc) is 2.75. The lowest BCUT2D eigenvalue weighted by Crippen LogP contribution is -2.15. The molecule has 0 radical (unpaired) electrons. The van der Waals surface area contributed by atoms with E-state index in [9.17, 15) is 4.79 Å². The molecule has 0 bridgehead atoms. The highest BCUT2D eigenvalue weighted by atomic mass is 32.1. The number of nitrogens with one attached hydrogen (secondary N) is 1. The highest BCUT2D eigenvalue weighted by Gasteiger charge is 2.08. The highest BCUT2D eigenvalue weighted by molar-refractivity contribution is 7.09. The molecule has 2 N–H and O–H groups in total. The topological polar surface area (TPSA) is 62.2 Å². The molecule has 5 heteroatoms. The number of nitrogens with zero attached hydrogens (tertiary/aromatic N) is 1. The number of aromatic nitrogens is 1. The molecule has 0 aliphatic heterocycles. The van der Waals surface area contributed by atoms with Gasteiger partial charge in [0.25, 0.3) is 0 Å². The van der Waals surface area contributed by atoms with Gasteiger partial charge in [-0.15, -0.1) is 11.3 Å². The van der Waals surface area contributed by atoms with Crippen molar-refractivity contribution in [2.45, 2.75) is 20.0 Å². The number of carboxylic acid groups (broad SMARTS) is 1. The minimum Gasteiger partial charge on any atom is -0.478 e. The summed E-state index contributed by atoms with van der Waals surface area (Å²) < 4.78 is 0. The van der Waals surface area contributed by atoms with Crippen molar-refractivity contribution in [3.05, 3.63) is 51.5 Å². The van der Waals surface area contributed by atoms with Crippen LogP contribution in [0.4, 0.5) is 0 Å². The molecule has 4 nitrogen and oxygen atoms in total. The van der Waals surface area contributed by atoms with Gasteiger partial charge in [-0.1, -0.05) is 18.2 Å². The van der Waals surface area contributed by atoms with E-state index >= 15 is 0 Å². The van der Waals surface area contributed by atoms with Crippen LogP contribution in [0.15, 0.2) is 29.6 Å². The number of carboxylic acids is 1. The lowest BCUT2D eigenvalue weighted by molar-refractivity contribution is 0.0695. The largest absolute Gasteiger partial charge is 0.478 e. The van der Waals surface area contributed by atoms with Gasteiger partial charge in [0, 0.05) is 18.5 Å². The minimum absolute atomic E-state index is 0.347. The SMILES string of the molecule is Cc1nc(CNCc2ccccc2C(=O)O)cs1. The van der Waals surface area contributed by atoms with Crippen molar-refractivity contribution in [2.75, 3.05) is 0 Å². The first-order chi connectivity index (χ1) is 8.66. The van der Waals surface area contributed by atoms with E-state index in [1.807, 2.05) is 24.4 Å². The normalized spacial score (nSPS) is 10.5. The van der Waals surface area contributed by atoms with Crippen LogP contribution in [0.2, 0.25) is 0 Å². The smallest absolute Gasteiger partial charge is 0.336 e. The summed E-state index contributed by atoms with van der Waals surface area (Å²) in [6, 6.07) is 7.02. The highest BCUT2D eigenvalue weighted by Crippen LogP contribution is 2.10. The molecule has 0 aliphatic carbocycles. The number of aryl methyl sites for hydroxylation is 1. The fourth-order valence-electron chi connectivity index (χ4n) is 1.70. The zero-order valence-electron chi connectivity index (χ0n) is 10.0. The quantitative estimate of drug-likeness (QED) is 0.868. The number of thiazole rings is 1. The second-order valence-electron chi connectivity index (χ2n) is 3.92. The summed E-state index contributed by atoms with van der Waals surface area (Å²) in [5.41, 5.74) is 2.13. The van der Waals surface area contributed by atoms with Crippen molar-refractivity contribution in [3.8, 4) is 0 Å². The van der Waals surface area contributed by atoms with E-state index < -0.39 is 5.97 Å². The Morgan fingerprint density at radius 1 is 1.39 bits per heavy atom. The summed E-state index contributed by atoms with van der Waals surface area (Å²) >= 11 is 1.61. The molecule has 2 rings (SSSR count). The van der Waals surface area contributed by atoms with Gasteiger partial charge in [-0.25, -0.2) is 9.78 Å². The lowest BCUT2D eigenvalue weighted by atomic mass is 10.1. The van der Waals surface area contributed by atoms with Crippen molar-refractivity contribution in [1.29, 1.82) is 0 Å². The van der Waals surface area contributed by atoms with Crippen LogP contribution in [0.5, 0.6) is 0 Å². The second kappa shape index (κ2) is 5.75. The number of hydrogen-bond acceptors (Lipinski definition) is 4. The Morgan fingerprint density at radius 2 is 2.17 bits per heavy atom. The Bertz CT molecular complexity index is 551. The van der Waals surface area contributed by atoms with Gasteiger partial charge < -0.3 is 10.4 Å². The lowest BCUT2D eigenvalue weighted by Gasteiger charge is -2.06. The van der Waals surface area contributed by atoms with Crippen molar-refractivity contribution >= 4 is 17.3 Å². The molecule has 18 heavy (non-hydrogen) atoms. The predicted octanol–water partition coefficient (Wildman–Crippen LogP) is 2.44. The van der Waals surface area contributed by atoms with Gasteiger partial charge >= 0.3 is 5.97 Å². The zero-order valence-corrected chi connectivity index (χ0v) is 10.8. The standard InChI is InChI=1S/C13H14N2O2S/c1-9-15-11(8-18-9)7-14-6-10-4-2-3-5-12(10)13(16)17/h2-5,8,14H,6-7H2,1H3,(H,16,17). The van der Waals surface area contributed by atoms with E-state index in [0.717, 1.165) is 16.3 Å². The molecule has 2 aromatic rings. The summed E-state index contributed by atoms with van der Waals surface area (Å²) in [6.45, 7) is 3.14. The Morgan fingerprint density at radius 3 is 2.83 bits per heavy atom. The zero-order chi connectivity index (χ0) is 13.0. The van der Waals surface area contributed by atoms with Gasteiger partial charge in [-0.05, 0) is 18.6 Å². The molecule has 0 fully saturated rings. The van der Waals surface area contributed by atoms with Gasteiger partial charge in [0.2, 0.25) is 0 Å². The van der Waals surface area contributed by atoms with Crippen LogP contribution in [0.25, 0.3) is 0 Å². The third kappa shape index (κ3) is 3.15. The molecule has 0 amide bonds. The Balaban J connectivity index is 1.96. The van der Waals surface area contributed by atoms with Crippen LogP contribution in [0.3, 0.4) is 0 Å². The maximum absolute atomic E-state index is 11.0. The molecule has 0 atom stereocenters. The molecular formula is C13H14N2O2S. The number of carbonyl (C=O) groups is 1. The van der Waals surface area contributed by atoms with Crippen LogP contribution in [-0.4, -0.2) is 16.1 Å². The first-order valence-corrected chi connectivity index (χ1v) is 6.47. The number of rotatable bonds is 5. The number of aromatic carboxylic acids is 1. The van der Waals surface area contributed by atoms with Crippen LogP contribution in [0, 0.1) is 6.92 Å². The van der Waals surface area contributed by atoms with Gasteiger partial charge in [0.15, 0.2) is 0 Å². The summed E-state index contributed by atoms with van der Waals surface area (Å²) in [7, 11) is 0. The predicted molar refractivity (Wildman–Crippen MR) is 70.8 cm³/mol. The van der Waals surface area contributed by atoms with E-state index in [4.69, 9.17) is 5.11 Å². The molecule has 1 heterocycles. The van der Waals surface area contributed by atoms with Gasteiger partial charge in [-0.3, -0.25) is 0 Å². The van der Waals surface area contributed by atoms with Crippen LogP contribution in [-0.2, 0) is 13.1 Å². The third-order valence-electron chi connectivity index (χ3n) is 2.54.